The van der Waals surface area contributed by atoms with Crippen molar-refractivity contribution in [1.82, 2.24) is 14.8 Å². The maximum Gasteiger partial charge on any atom is 0.354 e. The molecule has 0 radical (unpaired) electrons. The largest absolute Gasteiger partial charge is 0.354 e. The van der Waals surface area contributed by atoms with E-state index in [0.717, 1.165) is 16.8 Å². The van der Waals surface area contributed by atoms with Crippen molar-refractivity contribution >= 4 is 17.8 Å². The number of imide groups is 1. The van der Waals surface area contributed by atoms with Crippen molar-refractivity contribution in [2.45, 2.75) is 13.5 Å². The van der Waals surface area contributed by atoms with Gasteiger partial charge in [0.1, 0.15) is 6.54 Å². The number of carbonyl (C=O) groups is 3. The third-order valence-electron chi connectivity index (χ3n) is 4.27. The van der Waals surface area contributed by atoms with Crippen molar-refractivity contribution in [2.24, 2.45) is 0 Å². The summed E-state index contributed by atoms with van der Waals surface area (Å²) in [4.78, 5) is 41.7. The van der Waals surface area contributed by atoms with Crippen LogP contribution in [0.3, 0.4) is 0 Å². The van der Waals surface area contributed by atoms with E-state index < -0.39 is 17.8 Å². The molecule has 0 saturated heterocycles. The van der Waals surface area contributed by atoms with Gasteiger partial charge >= 0.3 is 5.97 Å². The van der Waals surface area contributed by atoms with Crippen LogP contribution < -0.4 is 0 Å². The molecule has 0 fully saturated rings. The molecule has 0 aliphatic carbocycles. The SMILES string of the molecule is Cc1nn(CC(=O)ON2C(=O)c3ccccc3C2=O)cc1-c1ccccc1. The molecule has 7 nitrogen and oxygen atoms in total. The number of aryl methyl sites for hydroxylation is 1. The van der Waals surface area contributed by atoms with Crippen LogP contribution >= 0.6 is 0 Å². The summed E-state index contributed by atoms with van der Waals surface area (Å²) in [6.45, 7) is 1.62. The van der Waals surface area contributed by atoms with Gasteiger partial charge in [0, 0.05) is 11.8 Å². The van der Waals surface area contributed by atoms with E-state index in [1.54, 1.807) is 18.3 Å². The number of carbonyl (C=O) groups excluding carboxylic acids is 3. The van der Waals surface area contributed by atoms with Crippen LogP contribution in [0.2, 0.25) is 0 Å². The molecule has 7 heteroatoms. The number of hydroxylamine groups is 2. The summed E-state index contributed by atoms with van der Waals surface area (Å²) >= 11 is 0. The van der Waals surface area contributed by atoms with E-state index >= 15 is 0 Å². The van der Waals surface area contributed by atoms with Gasteiger partial charge in [0.25, 0.3) is 11.8 Å². The van der Waals surface area contributed by atoms with Gasteiger partial charge < -0.3 is 4.84 Å². The Labute approximate surface area is 154 Å². The first kappa shape index (κ1) is 16.7. The van der Waals surface area contributed by atoms with Crippen molar-refractivity contribution in [2.75, 3.05) is 0 Å². The van der Waals surface area contributed by atoms with Crippen molar-refractivity contribution in [3.8, 4) is 11.1 Å². The Kier molecular flexibility index (Phi) is 4.04. The van der Waals surface area contributed by atoms with Gasteiger partial charge in [-0.2, -0.15) is 5.10 Å². The smallest absolute Gasteiger partial charge is 0.328 e. The lowest BCUT2D eigenvalue weighted by Gasteiger charge is -2.12. The first-order chi connectivity index (χ1) is 13.0. The molecule has 134 valence electrons. The minimum absolute atomic E-state index is 0.219. The summed E-state index contributed by atoms with van der Waals surface area (Å²) in [6, 6.07) is 16.0. The molecule has 2 heterocycles. The Balaban J connectivity index is 1.48. The minimum Gasteiger partial charge on any atom is -0.328 e. The van der Waals surface area contributed by atoms with Crippen molar-refractivity contribution in [3.63, 3.8) is 0 Å². The monoisotopic (exact) mass is 361 g/mol. The van der Waals surface area contributed by atoms with Gasteiger partial charge in [-0.1, -0.05) is 47.5 Å². The van der Waals surface area contributed by atoms with Gasteiger partial charge in [-0.05, 0) is 24.6 Å². The Morgan fingerprint density at radius 2 is 1.52 bits per heavy atom. The lowest BCUT2D eigenvalue weighted by atomic mass is 10.1. The number of rotatable bonds is 4. The highest BCUT2D eigenvalue weighted by atomic mass is 16.7. The standard InChI is InChI=1S/C20H15N3O4/c1-13-17(14-7-3-2-4-8-14)11-22(21-13)12-18(24)27-23-19(25)15-9-5-6-10-16(15)20(23)26/h2-11H,12H2,1H3. The van der Waals surface area contributed by atoms with Crippen molar-refractivity contribution in [1.29, 1.82) is 0 Å². The maximum atomic E-state index is 12.2. The van der Waals surface area contributed by atoms with Gasteiger partial charge in [0.05, 0.1) is 16.8 Å². The Morgan fingerprint density at radius 3 is 2.15 bits per heavy atom. The normalized spacial score (nSPS) is 13.0. The molecular weight excluding hydrogens is 346 g/mol. The molecule has 2 amide bonds. The summed E-state index contributed by atoms with van der Waals surface area (Å²) < 4.78 is 1.43. The zero-order valence-corrected chi connectivity index (χ0v) is 14.5. The van der Waals surface area contributed by atoms with Crippen LogP contribution in [-0.4, -0.2) is 32.6 Å². The third-order valence-corrected chi connectivity index (χ3v) is 4.27. The van der Waals surface area contributed by atoms with E-state index in [-0.39, 0.29) is 17.7 Å². The molecule has 0 spiro atoms. The predicted octanol–water partition coefficient (Wildman–Crippen LogP) is 2.61. The predicted molar refractivity (Wildman–Crippen MR) is 95.4 cm³/mol. The molecule has 0 N–H and O–H groups in total. The average molecular weight is 361 g/mol. The van der Waals surface area contributed by atoms with E-state index in [1.807, 2.05) is 37.3 Å². The summed E-state index contributed by atoms with van der Waals surface area (Å²) in [7, 11) is 0. The second kappa shape index (κ2) is 6.53. The van der Waals surface area contributed by atoms with Crippen LogP contribution in [0.5, 0.6) is 0 Å². The Morgan fingerprint density at radius 1 is 0.926 bits per heavy atom. The van der Waals surface area contributed by atoms with Gasteiger partial charge in [0.15, 0.2) is 0 Å². The first-order valence-electron chi connectivity index (χ1n) is 8.32. The summed E-state index contributed by atoms with van der Waals surface area (Å²) in [6.07, 6.45) is 1.73. The highest BCUT2D eigenvalue weighted by Crippen LogP contribution is 2.24. The first-order valence-corrected chi connectivity index (χ1v) is 8.32. The fraction of sp³-hybridized carbons (Fsp3) is 0.100. The van der Waals surface area contributed by atoms with E-state index in [4.69, 9.17) is 4.84 Å². The van der Waals surface area contributed by atoms with E-state index in [9.17, 15) is 14.4 Å². The lowest BCUT2D eigenvalue weighted by Crippen LogP contribution is -2.34. The number of nitrogens with zero attached hydrogens (tertiary/aromatic N) is 3. The van der Waals surface area contributed by atoms with Crippen molar-refractivity contribution in [3.05, 3.63) is 77.6 Å². The van der Waals surface area contributed by atoms with Gasteiger partial charge in [-0.3, -0.25) is 14.3 Å². The zero-order valence-electron chi connectivity index (χ0n) is 14.5. The van der Waals surface area contributed by atoms with E-state index in [2.05, 4.69) is 5.10 Å². The zero-order chi connectivity index (χ0) is 19.0. The van der Waals surface area contributed by atoms with Crippen LogP contribution in [0.4, 0.5) is 0 Å². The van der Waals surface area contributed by atoms with Crippen LogP contribution in [0.15, 0.2) is 60.8 Å². The molecule has 4 rings (SSSR count). The van der Waals surface area contributed by atoms with Gasteiger partial charge in [0.2, 0.25) is 0 Å². The summed E-state index contributed by atoms with van der Waals surface area (Å²) in [5.41, 5.74) is 3.07. The van der Waals surface area contributed by atoms with E-state index in [1.165, 1.54) is 16.8 Å². The topological polar surface area (TPSA) is 81.5 Å². The molecule has 0 atom stereocenters. The molecule has 1 aromatic heterocycles. The molecule has 2 aromatic carbocycles. The highest BCUT2D eigenvalue weighted by Gasteiger charge is 2.38. The number of benzene rings is 2. The van der Waals surface area contributed by atoms with Crippen LogP contribution in [0, 0.1) is 6.92 Å². The number of amides is 2. The Bertz CT molecular complexity index is 1020. The Hall–Kier alpha value is -3.74. The molecule has 27 heavy (non-hydrogen) atoms. The number of fused-ring (bicyclic) bond motifs is 1. The fourth-order valence-corrected chi connectivity index (χ4v) is 3.01. The second-order valence-corrected chi connectivity index (χ2v) is 6.11. The van der Waals surface area contributed by atoms with Crippen molar-refractivity contribution < 1.29 is 19.2 Å². The second-order valence-electron chi connectivity index (χ2n) is 6.11. The average Bonchev–Trinajstić information content (AvgIpc) is 3.15. The molecular formula is C20H15N3O4. The summed E-state index contributed by atoms with van der Waals surface area (Å²) in [5, 5.41) is 4.81. The number of hydrogen-bond acceptors (Lipinski definition) is 5. The van der Waals surface area contributed by atoms with Gasteiger partial charge in [-0.15, -0.1) is 0 Å². The maximum absolute atomic E-state index is 12.2. The third kappa shape index (κ3) is 2.99. The molecule has 0 bridgehead atoms. The summed E-state index contributed by atoms with van der Waals surface area (Å²) in [5.74, 6) is -2.05. The number of aromatic nitrogens is 2. The molecule has 3 aromatic rings. The fourth-order valence-electron chi connectivity index (χ4n) is 3.01. The lowest BCUT2D eigenvalue weighted by molar-refractivity contribution is -0.169. The molecule has 1 aliphatic heterocycles. The van der Waals surface area contributed by atoms with Crippen LogP contribution in [-0.2, 0) is 16.2 Å². The highest BCUT2D eigenvalue weighted by molar-refractivity contribution is 6.20. The molecule has 1 aliphatic rings. The quantitative estimate of drug-likeness (QED) is 0.667. The van der Waals surface area contributed by atoms with Crippen LogP contribution in [0.25, 0.3) is 11.1 Å². The number of hydrogen-bond donors (Lipinski definition) is 0. The van der Waals surface area contributed by atoms with Gasteiger partial charge in [-0.25, -0.2) is 4.79 Å². The molecule has 0 unspecified atom stereocenters. The van der Waals surface area contributed by atoms with Crippen LogP contribution in [0.1, 0.15) is 26.4 Å². The minimum atomic E-state index is -0.758. The van der Waals surface area contributed by atoms with E-state index in [0.29, 0.717) is 5.06 Å². The molecule has 0 saturated carbocycles.